The van der Waals surface area contributed by atoms with Crippen LogP contribution in [-0.2, 0) is 6.42 Å². The van der Waals surface area contributed by atoms with E-state index >= 15 is 0 Å². The van der Waals surface area contributed by atoms with E-state index in [9.17, 15) is 0 Å². The summed E-state index contributed by atoms with van der Waals surface area (Å²) < 4.78 is 0. The van der Waals surface area contributed by atoms with E-state index in [0.717, 1.165) is 29.6 Å². The van der Waals surface area contributed by atoms with Gasteiger partial charge in [0.15, 0.2) is 5.82 Å². The molecule has 0 radical (unpaired) electrons. The Kier molecular flexibility index (Phi) is 2.44. The SMILES string of the molecule is c1ccc(-c2n[nH]c(CC3CCC3)n2)cc1. The van der Waals surface area contributed by atoms with E-state index in [1.165, 1.54) is 19.3 Å². The highest BCUT2D eigenvalue weighted by atomic mass is 15.2. The Balaban J connectivity index is 1.77. The topological polar surface area (TPSA) is 41.6 Å². The highest BCUT2D eigenvalue weighted by Gasteiger charge is 2.19. The molecule has 0 atom stereocenters. The molecule has 0 amide bonds. The van der Waals surface area contributed by atoms with Gasteiger partial charge in [-0.05, 0) is 5.92 Å². The van der Waals surface area contributed by atoms with Crippen molar-refractivity contribution in [1.29, 1.82) is 0 Å². The van der Waals surface area contributed by atoms with Gasteiger partial charge in [-0.15, -0.1) is 0 Å². The number of nitrogens with one attached hydrogen (secondary N) is 1. The lowest BCUT2D eigenvalue weighted by Gasteiger charge is -2.23. The summed E-state index contributed by atoms with van der Waals surface area (Å²) >= 11 is 0. The Bertz CT molecular complexity index is 457. The molecule has 1 aromatic heterocycles. The molecular formula is C13H15N3. The lowest BCUT2D eigenvalue weighted by atomic mass is 9.83. The molecule has 16 heavy (non-hydrogen) atoms. The Labute approximate surface area is 94.9 Å². The van der Waals surface area contributed by atoms with Crippen molar-refractivity contribution in [1.82, 2.24) is 15.2 Å². The van der Waals surface area contributed by atoms with Gasteiger partial charge in [-0.3, -0.25) is 5.10 Å². The van der Waals surface area contributed by atoms with Gasteiger partial charge >= 0.3 is 0 Å². The van der Waals surface area contributed by atoms with E-state index in [-0.39, 0.29) is 0 Å². The second-order valence-corrected chi connectivity index (χ2v) is 4.47. The Morgan fingerprint density at radius 1 is 1.19 bits per heavy atom. The third kappa shape index (κ3) is 1.85. The quantitative estimate of drug-likeness (QED) is 0.851. The zero-order valence-corrected chi connectivity index (χ0v) is 9.19. The van der Waals surface area contributed by atoms with Crippen LogP contribution in [0.1, 0.15) is 25.1 Å². The first-order chi connectivity index (χ1) is 7.92. The van der Waals surface area contributed by atoms with Crippen molar-refractivity contribution >= 4 is 0 Å². The largest absolute Gasteiger partial charge is 0.263 e. The summed E-state index contributed by atoms with van der Waals surface area (Å²) in [5, 5.41) is 7.30. The fourth-order valence-electron chi connectivity index (χ4n) is 2.07. The molecule has 1 aromatic carbocycles. The molecule has 0 saturated heterocycles. The molecule has 0 spiro atoms. The van der Waals surface area contributed by atoms with Gasteiger partial charge in [-0.1, -0.05) is 49.6 Å². The Hall–Kier alpha value is -1.64. The summed E-state index contributed by atoms with van der Waals surface area (Å²) in [5.41, 5.74) is 1.08. The van der Waals surface area contributed by atoms with Gasteiger partial charge in [-0.25, -0.2) is 4.98 Å². The Morgan fingerprint density at radius 2 is 2.00 bits per heavy atom. The number of rotatable bonds is 3. The highest BCUT2D eigenvalue weighted by molar-refractivity contribution is 5.53. The molecule has 0 bridgehead atoms. The molecular weight excluding hydrogens is 198 g/mol. The van der Waals surface area contributed by atoms with Crippen LogP contribution in [0.25, 0.3) is 11.4 Å². The number of aromatic amines is 1. The average molecular weight is 213 g/mol. The van der Waals surface area contributed by atoms with Gasteiger partial charge < -0.3 is 0 Å². The summed E-state index contributed by atoms with van der Waals surface area (Å²) in [6.07, 6.45) is 5.13. The second-order valence-electron chi connectivity index (χ2n) is 4.47. The van der Waals surface area contributed by atoms with Crippen LogP contribution in [0.5, 0.6) is 0 Å². The molecule has 3 heteroatoms. The lowest BCUT2D eigenvalue weighted by Crippen LogP contribution is -2.14. The molecule has 2 aromatic rings. The van der Waals surface area contributed by atoms with E-state index in [1.54, 1.807) is 0 Å². The number of nitrogens with zero attached hydrogens (tertiary/aromatic N) is 2. The van der Waals surface area contributed by atoms with E-state index in [0.29, 0.717) is 0 Å². The first-order valence-corrected chi connectivity index (χ1v) is 5.88. The number of hydrogen-bond donors (Lipinski definition) is 1. The fraction of sp³-hybridized carbons (Fsp3) is 0.385. The van der Waals surface area contributed by atoms with Crippen molar-refractivity contribution < 1.29 is 0 Å². The van der Waals surface area contributed by atoms with Crippen molar-refractivity contribution in [2.75, 3.05) is 0 Å². The number of hydrogen-bond acceptors (Lipinski definition) is 2. The number of benzene rings is 1. The summed E-state index contributed by atoms with van der Waals surface area (Å²) in [7, 11) is 0. The van der Waals surface area contributed by atoms with Crippen LogP contribution < -0.4 is 0 Å². The molecule has 1 saturated carbocycles. The minimum absolute atomic E-state index is 0.815. The van der Waals surface area contributed by atoms with Gasteiger partial charge in [0.05, 0.1) is 0 Å². The summed E-state index contributed by atoms with van der Waals surface area (Å²) in [5.74, 6) is 2.68. The highest BCUT2D eigenvalue weighted by Crippen LogP contribution is 2.29. The van der Waals surface area contributed by atoms with Crippen LogP contribution in [0.2, 0.25) is 0 Å². The van der Waals surface area contributed by atoms with Gasteiger partial charge in [0.1, 0.15) is 5.82 Å². The molecule has 3 rings (SSSR count). The molecule has 1 aliphatic carbocycles. The smallest absolute Gasteiger partial charge is 0.181 e. The van der Waals surface area contributed by atoms with Gasteiger partial charge in [-0.2, -0.15) is 5.10 Å². The molecule has 82 valence electrons. The third-order valence-electron chi connectivity index (χ3n) is 3.27. The molecule has 0 unspecified atom stereocenters. The predicted octanol–water partition coefficient (Wildman–Crippen LogP) is 2.81. The molecule has 3 nitrogen and oxygen atoms in total. The number of H-pyrrole nitrogens is 1. The van der Waals surface area contributed by atoms with Crippen LogP contribution in [0.3, 0.4) is 0 Å². The van der Waals surface area contributed by atoms with Crippen LogP contribution in [-0.4, -0.2) is 15.2 Å². The molecule has 1 N–H and O–H groups in total. The predicted molar refractivity (Wildman–Crippen MR) is 62.9 cm³/mol. The monoisotopic (exact) mass is 213 g/mol. The lowest BCUT2D eigenvalue weighted by molar-refractivity contribution is 0.309. The van der Waals surface area contributed by atoms with Crippen molar-refractivity contribution in [3.05, 3.63) is 36.2 Å². The maximum Gasteiger partial charge on any atom is 0.181 e. The molecule has 0 aliphatic heterocycles. The second kappa shape index (κ2) is 4.08. The van der Waals surface area contributed by atoms with Crippen LogP contribution in [0.4, 0.5) is 0 Å². The summed E-state index contributed by atoms with van der Waals surface area (Å²) in [4.78, 5) is 4.54. The first kappa shape index (κ1) is 9.58. The fourth-order valence-corrected chi connectivity index (χ4v) is 2.07. The van der Waals surface area contributed by atoms with E-state index in [2.05, 4.69) is 15.2 Å². The van der Waals surface area contributed by atoms with Crippen LogP contribution in [0, 0.1) is 5.92 Å². The zero-order valence-electron chi connectivity index (χ0n) is 9.19. The average Bonchev–Trinajstić information content (AvgIpc) is 2.73. The van der Waals surface area contributed by atoms with E-state index < -0.39 is 0 Å². The van der Waals surface area contributed by atoms with E-state index in [4.69, 9.17) is 0 Å². The maximum absolute atomic E-state index is 4.54. The minimum atomic E-state index is 0.815. The van der Waals surface area contributed by atoms with Crippen molar-refractivity contribution in [3.8, 4) is 11.4 Å². The number of aromatic nitrogens is 3. The van der Waals surface area contributed by atoms with Crippen LogP contribution >= 0.6 is 0 Å². The molecule has 1 fully saturated rings. The normalized spacial score (nSPS) is 16.0. The van der Waals surface area contributed by atoms with Gasteiger partial charge in [0.2, 0.25) is 0 Å². The van der Waals surface area contributed by atoms with Gasteiger partial charge in [0, 0.05) is 12.0 Å². The van der Waals surface area contributed by atoms with Crippen molar-refractivity contribution in [2.24, 2.45) is 5.92 Å². The minimum Gasteiger partial charge on any atom is -0.263 e. The molecule has 1 aliphatic rings. The van der Waals surface area contributed by atoms with Gasteiger partial charge in [0.25, 0.3) is 0 Å². The summed E-state index contributed by atoms with van der Waals surface area (Å²) in [6.45, 7) is 0. The first-order valence-electron chi connectivity index (χ1n) is 5.88. The zero-order chi connectivity index (χ0) is 10.8. The standard InChI is InChI=1S/C13H15N3/c1-2-7-11(8-3-1)13-14-12(15-16-13)9-10-5-4-6-10/h1-3,7-8,10H,4-6,9H2,(H,14,15,16). The third-order valence-corrected chi connectivity index (χ3v) is 3.27. The summed E-state index contributed by atoms with van der Waals surface area (Å²) in [6, 6.07) is 10.1. The Morgan fingerprint density at radius 3 is 2.69 bits per heavy atom. The van der Waals surface area contributed by atoms with Crippen molar-refractivity contribution in [2.45, 2.75) is 25.7 Å². The van der Waals surface area contributed by atoms with Crippen molar-refractivity contribution in [3.63, 3.8) is 0 Å². The van der Waals surface area contributed by atoms with E-state index in [1.807, 2.05) is 30.3 Å². The maximum atomic E-state index is 4.54. The molecule has 1 heterocycles. The van der Waals surface area contributed by atoms with Crippen LogP contribution in [0.15, 0.2) is 30.3 Å².